The second kappa shape index (κ2) is 10.8. The maximum absolute atomic E-state index is 13.0. The van der Waals surface area contributed by atoms with E-state index < -0.39 is 0 Å². The maximum Gasteiger partial charge on any atom is 0.262 e. The van der Waals surface area contributed by atoms with Crippen LogP contribution < -0.4 is 5.56 Å². The molecule has 0 saturated carbocycles. The first-order chi connectivity index (χ1) is 14.6. The normalized spacial score (nSPS) is 10.8. The van der Waals surface area contributed by atoms with E-state index in [0.29, 0.717) is 42.3 Å². The van der Waals surface area contributed by atoms with Crippen molar-refractivity contribution in [3.8, 4) is 0 Å². The molecule has 7 heteroatoms. The Bertz CT molecular complexity index is 1070. The van der Waals surface area contributed by atoms with Gasteiger partial charge >= 0.3 is 0 Å². The quantitative estimate of drug-likeness (QED) is 0.284. The van der Waals surface area contributed by atoms with E-state index in [1.165, 1.54) is 11.8 Å². The molecular weight excluding hydrogens is 398 g/mol. The number of rotatable bonds is 10. The van der Waals surface area contributed by atoms with Gasteiger partial charge < -0.3 is 9.64 Å². The van der Waals surface area contributed by atoms with Crippen LogP contribution in [0.15, 0.2) is 77.2 Å². The highest BCUT2D eigenvalue weighted by molar-refractivity contribution is 7.99. The van der Waals surface area contributed by atoms with Gasteiger partial charge in [0.1, 0.15) is 0 Å². The predicted molar refractivity (Wildman–Crippen MR) is 121 cm³/mol. The van der Waals surface area contributed by atoms with E-state index in [-0.39, 0.29) is 17.2 Å². The van der Waals surface area contributed by atoms with Crippen molar-refractivity contribution in [2.45, 2.75) is 18.2 Å². The number of thioether (sulfide) groups is 1. The van der Waals surface area contributed by atoms with Crippen LogP contribution in [0.1, 0.15) is 5.56 Å². The van der Waals surface area contributed by atoms with Gasteiger partial charge in [0.15, 0.2) is 5.16 Å². The Kier molecular flexibility index (Phi) is 7.82. The highest BCUT2D eigenvalue weighted by atomic mass is 32.2. The molecule has 0 fully saturated rings. The summed E-state index contributed by atoms with van der Waals surface area (Å²) in [6, 6.07) is 17.1. The van der Waals surface area contributed by atoms with Crippen LogP contribution in [0.3, 0.4) is 0 Å². The lowest BCUT2D eigenvalue weighted by atomic mass is 10.2. The van der Waals surface area contributed by atoms with Crippen molar-refractivity contribution < 1.29 is 9.53 Å². The molecule has 6 nitrogen and oxygen atoms in total. The number of nitrogens with zero attached hydrogens (tertiary/aromatic N) is 3. The molecule has 2 aromatic carbocycles. The van der Waals surface area contributed by atoms with Crippen molar-refractivity contribution in [1.29, 1.82) is 0 Å². The molecule has 0 N–H and O–H groups in total. The van der Waals surface area contributed by atoms with Gasteiger partial charge in [-0.25, -0.2) is 4.98 Å². The van der Waals surface area contributed by atoms with Crippen LogP contribution in [0.5, 0.6) is 0 Å². The molecular formula is C23H25N3O3S. The molecule has 0 unspecified atom stereocenters. The van der Waals surface area contributed by atoms with Gasteiger partial charge in [-0.15, -0.1) is 6.58 Å². The molecule has 1 heterocycles. The standard InChI is InChI=1S/C23H25N3O3S/c1-3-13-26-22(28)19-11-7-8-12-20(19)24-23(26)30-17-21(27)25(14-15-29-2)16-18-9-5-4-6-10-18/h3-12H,1,13-17H2,2H3. The molecule has 1 amide bonds. The average molecular weight is 424 g/mol. The monoisotopic (exact) mass is 423 g/mol. The van der Waals surface area contributed by atoms with Crippen molar-refractivity contribution >= 4 is 28.6 Å². The fourth-order valence-corrected chi connectivity index (χ4v) is 3.97. The van der Waals surface area contributed by atoms with Gasteiger partial charge in [-0.3, -0.25) is 14.2 Å². The minimum absolute atomic E-state index is 0.0338. The summed E-state index contributed by atoms with van der Waals surface area (Å²) in [6.07, 6.45) is 1.66. The first-order valence-electron chi connectivity index (χ1n) is 9.68. The van der Waals surface area contributed by atoms with E-state index in [2.05, 4.69) is 11.6 Å². The van der Waals surface area contributed by atoms with Gasteiger partial charge in [0.25, 0.3) is 5.56 Å². The molecule has 156 valence electrons. The van der Waals surface area contributed by atoms with E-state index in [9.17, 15) is 9.59 Å². The fourth-order valence-electron chi connectivity index (χ4n) is 3.06. The molecule has 3 aromatic rings. The number of aromatic nitrogens is 2. The number of hydrogen-bond donors (Lipinski definition) is 0. The van der Waals surface area contributed by atoms with Gasteiger partial charge in [0.05, 0.1) is 23.3 Å². The molecule has 0 aliphatic rings. The average Bonchev–Trinajstić information content (AvgIpc) is 2.78. The SMILES string of the molecule is C=CCn1c(SCC(=O)N(CCOC)Cc2ccccc2)nc2ccccc2c1=O. The maximum atomic E-state index is 13.0. The largest absolute Gasteiger partial charge is 0.383 e. The van der Waals surface area contributed by atoms with Crippen LogP contribution in [0.25, 0.3) is 10.9 Å². The van der Waals surface area contributed by atoms with Crippen LogP contribution in [-0.4, -0.2) is 46.4 Å². The third-order valence-electron chi connectivity index (χ3n) is 4.60. The number of hydrogen-bond acceptors (Lipinski definition) is 5. The first-order valence-corrected chi connectivity index (χ1v) is 10.7. The number of allylic oxidation sites excluding steroid dienone is 1. The zero-order chi connectivity index (χ0) is 21.3. The summed E-state index contributed by atoms with van der Waals surface area (Å²) >= 11 is 1.27. The van der Waals surface area contributed by atoms with Crippen LogP contribution in [0, 0.1) is 0 Å². The minimum Gasteiger partial charge on any atom is -0.383 e. The van der Waals surface area contributed by atoms with E-state index in [4.69, 9.17) is 4.74 Å². The molecule has 0 radical (unpaired) electrons. The van der Waals surface area contributed by atoms with E-state index >= 15 is 0 Å². The molecule has 0 saturated heterocycles. The van der Waals surface area contributed by atoms with Crippen LogP contribution in [0.2, 0.25) is 0 Å². The van der Waals surface area contributed by atoms with E-state index in [1.807, 2.05) is 42.5 Å². The number of ether oxygens (including phenoxy) is 1. The number of benzene rings is 2. The first kappa shape index (κ1) is 21.8. The summed E-state index contributed by atoms with van der Waals surface area (Å²) in [5.41, 5.74) is 1.55. The fraction of sp³-hybridized carbons (Fsp3) is 0.261. The zero-order valence-electron chi connectivity index (χ0n) is 17.0. The Morgan fingerprint density at radius 1 is 1.20 bits per heavy atom. The van der Waals surface area contributed by atoms with E-state index in [0.717, 1.165) is 5.56 Å². The Morgan fingerprint density at radius 3 is 2.67 bits per heavy atom. The molecule has 3 rings (SSSR count). The van der Waals surface area contributed by atoms with Gasteiger partial charge in [-0.05, 0) is 17.7 Å². The number of fused-ring (bicyclic) bond motifs is 1. The lowest BCUT2D eigenvalue weighted by Crippen LogP contribution is -2.35. The zero-order valence-corrected chi connectivity index (χ0v) is 17.8. The number of carbonyl (C=O) groups is 1. The Labute approximate surface area is 180 Å². The Morgan fingerprint density at radius 2 is 1.93 bits per heavy atom. The van der Waals surface area contributed by atoms with Crippen LogP contribution in [-0.2, 0) is 22.6 Å². The van der Waals surface area contributed by atoms with Crippen molar-refractivity contribution in [3.63, 3.8) is 0 Å². The molecule has 1 aromatic heterocycles. The number of carbonyl (C=O) groups excluding carboxylic acids is 1. The second-order valence-electron chi connectivity index (χ2n) is 6.70. The highest BCUT2D eigenvalue weighted by Crippen LogP contribution is 2.19. The van der Waals surface area contributed by atoms with E-state index in [1.54, 1.807) is 34.8 Å². The van der Waals surface area contributed by atoms with Crippen LogP contribution >= 0.6 is 11.8 Å². The summed E-state index contributed by atoms with van der Waals surface area (Å²) in [4.78, 5) is 32.2. The number of para-hydroxylation sites is 1. The number of amides is 1. The Hall–Kier alpha value is -2.90. The van der Waals surface area contributed by atoms with Crippen molar-refractivity contribution in [2.75, 3.05) is 26.0 Å². The molecule has 0 spiro atoms. The summed E-state index contributed by atoms with van der Waals surface area (Å²) in [7, 11) is 1.62. The van der Waals surface area contributed by atoms with Gasteiger partial charge in [-0.1, -0.05) is 60.3 Å². The minimum atomic E-state index is -0.129. The van der Waals surface area contributed by atoms with Crippen LogP contribution in [0.4, 0.5) is 0 Å². The lowest BCUT2D eigenvalue weighted by Gasteiger charge is -2.22. The lowest BCUT2D eigenvalue weighted by molar-refractivity contribution is -0.129. The topological polar surface area (TPSA) is 64.4 Å². The van der Waals surface area contributed by atoms with Gasteiger partial charge in [-0.2, -0.15) is 0 Å². The third-order valence-corrected chi connectivity index (χ3v) is 5.56. The molecule has 30 heavy (non-hydrogen) atoms. The second-order valence-corrected chi connectivity index (χ2v) is 7.64. The summed E-state index contributed by atoms with van der Waals surface area (Å²) in [5.74, 6) is 0.145. The molecule has 0 atom stereocenters. The van der Waals surface area contributed by atoms with Crippen molar-refractivity contribution in [2.24, 2.45) is 0 Å². The number of methoxy groups -OCH3 is 1. The molecule has 0 bridgehead atoms. The summed E-state index contributed by atoms with van der Waals surface area (Å²) in [6.45, 7) is 5.53. The van der Waals surface area contributed by atoms with Gasteiger partial charge in [0.2, 0.25) is 5.91 Å². The van der Waals surface area contributed by atoms with Gasteiger partial charge in [0, 0.05) is 26.7 Å². The summed E-state index contributed by atoms with van der Waals surface area (Å²) in [5, 5.41) is 1.07. The predicted octanol–water partition coefficient (Wildman–Crippen LogP) is 3.35. The molecule has 0 aliphatic heterocycles. The summed E-state index contributed by atoms with van der Waals surface area (Å²) < 4.78 is 6.73. The highest BCUT2D eigenvalue weighted by Gasteiger charge is 2.17. The van der Waals surface area contributed by atoms with Crippen molar-refractivity contribution in [3.05, 3.63) is 83.2 Å². The Balaban J connectivity index is 1.80. The molecule has 0 aliphatic carbocycles. The van der Waals surface area contributed by atoms with Crippen molar-refractivity contribution in [1.82, 2.24) is 14.5 Å². The third kappa shape index (κ3) is 5.37. The smallest absolute Gasteiger partial charge is 0.262 e.